The van der Waals surface area contributed by atoms with Crippen molar-refractivity contribution >= 4 is 39.1 Å². The highest BCUT2D eigenvalue weighted by Gasteiger charge is 2.33. The number of ether oxygens (including phenoxy) is 1. The quantitative estimate of drug-likeness (QED) is 0.330. The fraction of sp³-hybridized carbons (Fsp3) is 0.310. The van der Waals surface area contributed by atoms with E-state index in [1.807, 2.05) is 43.3 Å². The van der Waals surface area contributed by atoms with Gasteiger partial charge in [0.1, 0.15) is 18.3 Å². The Bertz CT molecular complexity index is 1370. The summed E-state index contributed by atoms with van der Waals surface area (Å²) < 4.78 is 32.0. The molecule has 0 bridgehead atoms. The fourth-order valence-electron chi connectivity index (χ4n) is 4.13. The number of carbonyl (C=O) groups is 2. The molecule has 0 aromatic heterocycles. The van der Waals surface area contributed by atoms with Crippen molar-refractivity contribution in [1.29, 1.82) is 0 Å². The van der Waals surface area contributed by atoms with Crippen LogP contribution in [0.4, 0.5) is 5.69 Å². The molecule has 0 fully saturated rings. The minimum atomic E-state index is -3.86. The first-order valence-electron chi connectivity index (χ1n) is 12.6. The molecule has 1 unspecified atom stereocenters. The Morgan fingerprint density at radius 3 is 2.31 bits per heavy atom. The molecule has 2 amide bonds. The lowest BCUT2D eigenvalue weighted by Crippen LogP contribution is -2.53. The Kier molecular flexibility index (Phi) is 10.8. The van der Waals surface area contributed by atoms with Gasteiger partial charge in [-0.15, -0.1) is 0 Å². The van der Waals surface area contributed by atoms with Crippen LogP contribution in [0, 0.1) is 0 Å². The molecule has 10 heteroatoms. The predicted octanol–water partition coefficient (Wildman–Crippen LogP) is 4.28. The van der Waals surface area contributed by atoms with Crippen molar-refractivity contribution in [1.82, 2.24) is 10.2 Å². The van der Waals surface area contributed by atoms with Crippen molar-refractivity contribution in [3.05, 3.63) is 95.0 Å². The number of nitrogens with one attached hydrogen (secondary N) is 1. The number of hydrogen-bond acceptors (Lipinski definition) is 5. The second-order valence-corrected chi connectivity index (χ2v) is 11.5. The Hall–Kier alpha value is -3.56. The number of rotatable bonds is 13. The van der Waals surface area contributed by atoms with Gasteiger partial charge in [0.05, 0.1) is 19.1 Å². The monoisotopic (exact) mass is 571 g/mol. The Morgan fingerprint density at radius 2 is 1.67 bits per heavy atom. The van der Waals surface area contributed by atoms with E-state index in [2.05, 4.69) is 5.32 Å². The van der Waals surface area contributed by atoms with Crippen LogP contribution < -0.4 is 14.4 Å². The molecule has 1 atom stereocenters. The number of anilines is 1. The van der Waals surface area contributed by atoms with E-state index in [-0.39, 0.29) is 24.6 Å². The molecular formula is C29H34ClN3O5S. The summed E-state index contributed by atoms with van der Waals surface area (Å²) in [6.45, 7) is 1.95. The van der Waals surface area contributed by atoms with E-state index in [9.17, 15) is 18.0 Å². The molecule has 0 aliphatic carbocycles. The second kappa shape index (κ2) is 14.0. The summed E-state index contributed by atoms with van der Waals surface area (Å²) in [6.07, 6.45) is 2.01. The topological polar surface area (TPSA) is 96.0 Å². The third-order valence-corrected chi connectivity index (χ3v) is 7.46. The molecule has 3 aromatic rings. The standard InChI is InChI=1S/C29H34ClN3O5S/c1-4-16-31-29(35)27(18-22-10-6-5-7-11-22)32(20-23-12-8-13-24(30)17-23)28(34)21-33(39(3,36)37)25-14-9-15-26(19-25)38-2/h5-15,17,19,27H,4,16,18,20-21H2,1-3H3,(H,31,35). The van der Waals surface area contributed by atoms with Gasteiger partial charge in [-0.2, -0.15) is 0 Å². The number of amides is 2. The number of halogens is 1. The fourth-order valence-corrected chi connectivity index (χ4v) is 5.19. The van der Waals surface area contributed by atoms with Gasteiger partial charge in [0, 0.05) is 30.6 Å². The summed E-state index contributed by atoms with van der Waals surface area (Å²) in [5, 5.41) is 3.40. The van der Waals surface area contributed by atoms with Crippen molar-refractivity contribution in [3.8, 4) is 5.75 Å². The Morgan fingerprint density at radius 1 is 0.974 bits per heavy atom. The van der Waals surface area contributed by atoms with Gasteiger partial charge in [0.25, 0.3) is 0 Å². The Labute approximate surface area is 235 Å². The van der Waals surface area contributed by atoms with E-state index in [0.717, 1.165) is 22.5 Å². The maximum atomic E-state index is 14.0. The number of nitrogens with zero attached hydrogens (tertiary/aromatic N) is 2. The van der Waals surface area contributed by atoms with Gasteiger partial charge in [0.15, 0.2) is 0 Å². The summed E-state index contributed by atoms with van der Waals surface area (Å²) in [5.41, 5.74) is 1.86. The van der Waals surface area contributed by atoms with E-state index in [1.165, 1.54) is 12.0 Å². The third-order valence-electron chi connectivity index (χ3n) is 6.08. The molecule has 0 saturated carbocycles. The van der Waals surface area contributed by atoms with E-state index < -0.39 is 28.5 Å². The largest absolute Gasteiger partial charge is 0.497 e. The van der Waals surface area contributed by atoms with E-state index in [0.29, 0.717) is 22.9 Å². The van der Waals surface area contributed by atoms with Crippen molar-refractivity contribution in [2.24, 2.45) is 0 Å². The van der Waals surface area contributed by atoms with Crippen LogP contribution in [0.25, 0.3) is 0 Å². The minimum absolute atomic E-state index is 0.0617. The van der Waals surface area contributed by atoms with Crippen LogP contribution in [0.1, 0.15) is 24.5 Å². The van der Waals surface area contributed by atoms with Crippen LogP contribution in [0.15, 0.2) is 78.9 Å². The van der Waals surface area contributed by atoms with Gasteiger partial charge in [-0.1, -0.05) is 67.1 Å². The highest BCUT2D eigenvalue weighted by atomic mass is 35.5. The molecule has 3 rings (SSSR count). The van der Waals surface area contributed by atoms with Gasteiger partial charge in [-0.3, -0.25) is 13.9 Å². The maximum Gasteiger partial charge on any atom is 0.244 e. The van der Waals surface area contributed by atoms with Crippen molar-refractivity contribution in [2.75, 3.05) is 30.8 Å². The molecular weight excluding hydrogens is 538 g/mol. The SMILES string of the molecule is CCCNC(=O)C(Cc1ccccc1)N(Cc1cccc(Cl)c1)C(=O)CN(c1cccc(OC)c1)S(C)(=O)=O. The molecule has 8 nitrogen and oxygen atoms in total. The van der Waals surface area contributed by atoms with Crippen molar-refractivity contribution < 1.29 is 22.7 Å². The van der Waals surface area contributed by atoms with Crippen LogP contribution >= 0.6 is 11.6 Å². The zero-order valence-electron chi connectivity index (χ0n) is 22.3. The van der Waals surface area contributed by atoms with Gasteiger partial charge >= 0.3 is 0 Å². The van der Waals surface area contributed by atoms with Crippen LogP contribution in [0.2, 0.25) is 5.02 Å². The van der Waals surface area contributed by atoms with Crippen LogP contribution in [0.5, 0.6) is 5.75 Å². The van der Waals surface area contributed by atoms with Gasteiger partial charge < -0.3 is 15.0 Å². The molecule has 208 valence electrons. The lowest BCUT2D eigenvalue weighted by atomic mass is 10.0. The number of hydrogen-bond donors (Lipinski definition) is 1. The van der Waals surface area contributed by atoms with Crippen molar-refractivity contribution in [3.63, 3.8) is 0 Å². The summed E-state index contributed by atoms with van der Waals surface area (Å²) >= 11 is 6.22. The Balaban J connectivity index is 2.04. The number of carbonyl (C=O) groups excluding carboxylic acids is 2. The molecule has 0 aliphatic heterocycles. The third kappa shape index (κ3) is 8.73. The molecule has 1 N–H and O–H groups in total. The average Bonchev–Trinajstić information content (AvgIpc) is 2.92. The number of benzene rings is 3. The summed E-state index contributed by atoms with van der Waals surface area (Å²) in [4.78, 5) is 28.9. The number of sulfonamides is 1. The predicted molar refractivity (Wildman–Crippen MR) is 154 cm³/mol. The number of methoxy groups -OCH3 is 1. The second-order valence-electron chi connectivity index (χ2n) is 9.12. The van der Waals surface area contributed by atoms with E-state index in [4.69, 9.17) is 16.3 Å². The summed E-state index contributed by atoms with van der Waals surface area (Å²) in [5.74, 6) is -0.399. The smallest absolute Gasteiger partial charge is 0.244 e. The summed E-state index contributed by atoms with van der Waals surface area (Å²) in [7, 11) is -2.38. The normalized spacial score (nSPS) is 11.9. The molecule has 0 heterocycles. The molecule has 0 aliphatic rings. The molecule has 39 heavy (non-hydrogen) atoms. The lowest BCUT2D eigenvalue weighted by Gasteiger charge is -2.33. The zero-order chi connectivity index (χ0) is 28.4. The highest BCUT2D eigenvalue weighted by Crippen LogP contribution is 2.24. The lowest BCUT2D eigenvalue weighted by molar-refractivity contribution is -0.140. The first-order valence-corrected chi connectivity index (χ1v) is 14.8. The first kappa shape index (κ1) is 30.0. The van der Waals surface area contributed by atoms with Crippen molar-refractivity contribution in [2.45, 2.75) is 32.4 Å². The van der Waals surface area contributed by atoms with Gasteiger partial charge in [-0.05, 0) is 41.8 Å². The zero-order valence-corrected chi connectivity index (χ0v) is 23.9. The molecule has 0 saturated heterocycles. The van der Waals surface area contributed by atoms with E-state index in [1.54, 1.807) is 42.5 Å². The maximum absolute atomic E-state index is 14.0. The van der Waals surface area contributed by atoms with Gasteiger partial charge in [-0.25, -0.2) is 8.42 Å². The van der Waals surface area contributed by atoms with Crippen LogP contribution in [-0.4, -0.2) is 57.6 Å². The first-order chi connectivity index (χ1) is 18.6. The average molecular weight is 572 g/mol. The van der Waals surface area contributed by atoms with Crippen LogP contribution in [0.3, 0.4) is 0 Å². The molecule has 0 radical (unpaired) electrons. The van der Waals surface area contributed by atoms with Gasteiger partial charge in [0.2, 0.25) is 21.8 Å². The minimum Gasteiger partial charge on any atom is -0.497 e. The van der Waals surface area contributed by atoms with Crippen LogP contribution in [-0.2, 0) is 32.6 Å². The van der Waals surface area contributed by atoms with E-state index >= 15 is 0 Å². The molecule has 0 spiro atoms. The molecule has 3 aromatic carbocycles. The highest BCUT2D eigenvalue weighted by molar-refractivity contribution is 7.92. The summed E-state index contributed by atoms with van der Waals surface area (Å²) in [6, 6.07) is 22.0.